The predicted octanol–water partition coefficient (Wildman–Crippen LogP) is 4.07. The molecule has 0 saturated carbocycles. The second kappa shape index (κ2) is 5.81. The Kier molecular flexibility index (Phi) is 4.53. The molecule has 0 spiro atoms. The highest BCUT2D eigenvalue weighted by Crippen LogP contribution is 2.23. The number of Topliss-reactive ketones (excluding diaryl/α,β-unsaturated/α-hetero) is 1. The van der Waals surface area contributed by atoms with Crippen LogP contribution in [0.3, 0.4) is 0 Å². The van der Waals surface area contributed by atoms with Crippen molar-refractivity contribution in [3.8, 4) is 0 Å². The molecule has 1 heterocycles. The van der Waals surface area contributed by atoms with Gasteiger partial charge in [0.1, 0.15) is 0 Å². The Morgan fingerprint density at radius 2 is 2.11 bits per heavy atom. The number of carbonyl (C=O) groups is 1. The zero-order valence-electron chi connectivity index (χ0n) is 10.4. The van der Waals surface area contributed by atoms with Crippen LogP contribution in [0.1, 0.15) is 21.7 Å². The lowest BCUT2D eigenvalue weighted by Gasteiger charge is -2.04. The van der Waals surface area contributed by atoms with Gasteiger partial charge in [0, 0.05) is 16.2 Å². The Bertz CT molecular complexity index is 652. The fourth-order valence-electron chi connectivity index (χ4n) is 1.80. The molecule has 0 aliphatic carbocycles. The average molecular weight is 409 g/mol. The highest BCUT2D eigenvalue weighted by atomic mass is 127. The second-order valence-corrected chi connectivity index (χ2v) is 6.15. The van der Waals surface area contributed by atoms with Crippen molar-refractivity contribution in [3.05, 3.63) is 48.8 Å². The van der Waals surface area contributed by atoms with Gasteiger partial charge >= 0.3 is 0 Å². The van der Waals surface area contributed by atoms with Crippen LogP contribution in [0.4, 0.5) is 0 Å². The zero-order valence-corrected chi connectivity index (χ0v) is 14.0. The van der Waals surface area contributed by atoms with Gasteiger partial charge in [0.2, 0.25) is 0 Å². The van der Waals surface area contributed by atoms with Crippen LogP contribution in [0.15, 0.2) is 18.2 Å². The first kappa shape index (κ1) is 14.8. The number of rotatable bonds is 3. The molecule has 0 bridgehead atoms. The minimum atomic E-state index is -0.0248. The van der Waals surface area contributed by atoms with E-state index >= 15 is 0 Å². The van der Waals surface area contributed by atoms with E-state index < -0.39 is 0 Å². The minimum Gasteiger partial charge on any atom is -0.294 e. The second-order valence-electron chi connectivity index (χ2n) is 4.20. The van der Waals surface area contributed by atoms with Crippen LogP contribution in [0.2, 0.25) is 10.0 Å². The summed E-state index contributed by atoms with van der Waals surface area (Å²) in [7, 11) is 1.78. The van der Waals surface area contributed by atoms with Crippen molar-refractivity contribution in [3.63, 3.8) is 0 Å². The van der Waals surface area contributed by atoms with Gasteiger partial charge in [0.05, 0.1) is 27.9 Å². The van der Waals surface area contributed by atoms with Gasteiger partial charge in [-0.1, -0.05) is 29.3 Å². The highest BCUT2D eigenvalue weighted by molar-refractivity contribution is 14.1. The van der Waals surface area contributed by atoms with E-state index in [4.69, 9.17) is 23.2 Å². The topological polar surface area (TPSA) is 34.9 Å². The summed E-state index contributed by atoms with van der Waals surface area (Å²) in [6.07, 6.45) is 0.215. The van der Waals surface area contributed by atoms with Crippen molar-refractivity contribution in [2.75, 3.05) is 0 Å². The molecule has 0 unspecified atom stereocenters. The number of hydrogen-bond donors (Lipinski definition) is 0. The van der Waals surface area contributed by atoms with E-state index in [1.807, 2.05) is 13.0 Å². The predicted molar refractivity (Wildman–Crippen MR) is 85.2 cm³/mol. The molecule has 19 heavy (non-hydrogen) atoms. The summed E-state index contributed by atoms with van der Waals surface area (Å²) in [5, 5.41) is 5.32. The van der Waals surface area contributed by atoms with Gasteiger partial charge in [-0.3, -0.25) is 9.48 Å². The van der Waals surface area contributed by atoms with E-state index in [2.05, 4.69) is 27.7 Å². The van der Waals surface area contributed by atoms with Crippen molar-refractivity contribution in [1.82, 2.24) is 9.78 Å². The van der Waals surface area contributed by atoms with Crippen molar-refractivity contribution in [2.45, 2.75) is 13.3 Å². The Hall–Kier alpha value is -0.590. The summed E-state index contributed by atoms with van der Waals surface area (Å²) in [6.45, 7) is 1.82. The lowest BCUT2D eigenvalue weighted by molar-refractivity contribution is 0.0990. The van der Waals surface area contributed by atoms with E-state index in [-0.39, 0.29) is 12.2 Å². The van der Waals surface area contributed by atoms with Gasteiger partial charge in [0.15, 0.2) is 5.78 Å². The van der Waals surface area contributed by atoms with E-state index in [0.717, 1.165) is 15.0 Å². The fraction of sp³-hybridized carbons (Fsp3) is 0.231. The molecule has 100 valence electrons. The molecule has 1 aromatic carbocycles. The van der Waals surface area contributed by atoms with Crippen molar-refractivity contribution >= 4 is 51.6 Å². The molecule has 0 saturated heterocycles. The maximum Gasteiger partial charge on any atom is 0.168 e. The van der Waals surface area contributed by atoms with Gasteiger partial charge in [-0.2, -0.15) is 5.10 Å². The number of ketones is 1. The zero-order chi connectivity index (χ0) is 14.2. The summed E-state index contributed by atoms with van der Waals surface area (Å²) >= 11 is 14.3. The third-order valence-electron chi connectivity index (χ3n) is 2.83. The molecule has 2 rings (SSSR count). The van der Waals surface area contributed by atoms with Crippen LogP contribution < -0.4 is 0 Å². The lowest BCUT2D eigenvalue weighted by atomic mass is 10.1. The molecule has 0 atom stereocenters. The molecule has 3 nitrogen and oxygen atoms in total. The summed E-state index contributed by atoms with van der Waals surface area (Å²) in [5.41, 5.74) is 2.03. The number of hydrogen-bond acceptors (Lipinski definition) is 2. The van der Waals surface area contributed by atoms with Gasteiger partial charge < -0.3 is 0 Å². The summed E-state index contributed by atoms with van der Waals surface area (Å²) in [6, 6.07) is 5.28. The Morgan fingerprint density at radius 3 is 2.63 bits per heavy atom. The monoisotopic (exact) mass is 408 g/mol. The van der Waals surface area contributed by atoms with Gasteiger partial charge in [0.25, 0.3) is 0 Å². The standard InChI is InChI=1S/C13H11Cl2IN2O/c1-7-13(15)11(18(2)17-7)6-12(19)8-3-4-10(16)9(14)5-8/h3-5H,6H2,1-2H3. The first-order chi connectivity index (χ1) is 8.90. The number of benzene rings is 1. The Labute approximate surface area is 135 Å². The average Bonchev–Trinajstić information content (AvgIpc) is 2.59. The molecule has 1 aromatic heterocycles. The van der Waals surface area contributed by atoms with Crippen LogP contribution in [0, 0.1) is 10.5 Å². The molecule has 6 heteroatoms. The van der Waals surface area contributed by atoms with Gasteiger partial charge in [-0.15, -0.1) is 0 Å². The van der Waals surface area contributed by atoms with E-state index in [0.29, 0.717) is 15.6 Å². The Morgan fingerprint density at radius 1 is 1.42 bits per heavy atom. The smallest absolute Gasteiger partial charge is 0.168 e. The van der Waals surface area contributed by atoms with Crippen molar-refractivity contribution in [1.29, 1.82) is 0 Å². The van der Waals surface area contributed by atoms with Crippen LogP contribution in [0.25, 0.3) is 0 Å². The number of carbonyl (C=O) groups excluding carboxylic acids is 1. The van der Waals surface area contributed by atoms with Gasteiger partial charge in [-0.05, 0) is 41.6 Å². The molecule has 0 radical (unpaired) electrons. The molecule has 0 N–H and O–H groups in total. The Balaban J connectivity index is 2.28. The first-order valence-corrected chi connectivity index (χ1v) is 7.40. The maximum absolute atomic E-state index is 12.2. The summed E-state index contributed by atoms with van der Waals surface area (Å²) in [5.74, 6) is -0.0248. The normalized spacial score (nSPS) is 10.8. The number of aromatic nitrogens is 2. The quantitative estimate of drug-likeness (QED) is 0.566. The molecule has 0 fully saturated rings. The first-order valence-electron chi connectivity index (χ1n) is 5.56. The van der Waals surface area contributed by atoms with E-state index in [9.17, 15) is 4.79 Å². The summed E-state index contributed by atoms with van der Waals surface area (Å²) in [4.78, 5) is 12.2. The number of aryl methyl sites for hydroxylation is 2. The molecular formula is C13H11Cl2IN2O. The number of nitrogens with zero attached hydrogens (tertiary/aromatic N) is 2. The van der Waals surface area contributed by atoms with Crippen LogP contribution >= 0.6 is 45.8 Å². The number of halogens is 3. The van der Waals surface area contributed by atoms with Crippen molar-refractivity contribution in [2.24, 2.45) is 7.05 Å². The molecule has 0 amide bonds. The van der Waals surface area contributed by atoms with Crippen LogP contribution in [-0.4, -0.2) is 15.6 Å². The largest absolute Gasteiger partial charge is 0.294 e. The minimum absolute atomic E-state index is 0.0248. The van der Waals surface area contributed by atoms with Gasteiger partial charge in [-0.25, -0.2) is 0 Å². The third kappa shape index (κ3) is 3.12. The lowest BCUT2D eigenvalue weighted by Crippen LogP contribution is -2.08. The van der Waals surface area contributed by atoms with E-state index in [1.165, 1.54) is 0 Å². The summed E-state index contributed by atoms with van der Waals surface area (Å²) < 4.78 is 2.56. The third-order valence-corrected chi connectivity index (χ3v) is 4.90. The van der Waals surface area contributed by atoms with Crippen LogP contribution in [0.5, 0.6) is 0 Å². The SMILES string of the molecule is Cc1nn(C)c(CC(=O)c2ccc(I)c(Cl)c2)c1Cl. The molecule has 2 aromatic rings. The van der Waals surface area contributed by atoms with Crippen molar-refractivity contribution < 1.29 is 4.79 Å². The molecule has 0 aliphatic heterocycles. The highest BCUT2D eigenvalue weighted by Gasteiger charge is 2.16. The molecular weight excluding hydrogens is 398 g/mol. The fourth-order valence-corrected chi connectivity index (χ4v) is 2.54. The molecule has 0 aliphatic rings. The van der Waals surface area contributed by atoms with Crippen LogP contribution in [-0.2, 0) is 13.5 Å². The maximum atomic E-state index is 12.2. The van der Waals surface area contributed by atoms with E-state index in [1.54, 1.807) is 23.9 Å².